The number of carbonyl (C=O) groups excluding carboxylic acids is 1. The predicted molar refractivity (Wildman–Crippen MR) is 87.9 cm³/mol. The topological polar surface area (TPSA) is 96.0 Å². The monoisotopic (exact) mass is 358 g/mol. The fraction of sp³-hybridized carbons (Fsp3) is 0.786. The summed E-state index contributed by atoms with van der Waals surface area (Å²) in [5.41, 5.74) is 0. The molecule has 128 valence electrons. The molecule has 3 rings (SSSR count). The molecule has 1 aromatic heterocycles. The molecule has 9 heteroatoms. The minimum absolute atomic E-state index is 0.0143. The number of carbonyl (C=O) groups is 1. The Morgan fingerprint density at radius 1 is 1.26 bits per heavy atom. The van der Waals surface area contributed by atoms with Crippen LogP contribution in [0.25, 0.3) is 0 Å². The van der Waals surface area contributed by atoms with Gasteiger partial charge in [-0.2, -0.15) is 5.10 Å². The van der Waals surface area contributed by atoms with Crippen LogP contribution in [0.4, 0.5) is 0 Å². The first-order chi connectivity index (χ1) is 11.1. The van der Waals surface area contributed by atoms with Crippen LogP contribution in [-0.4, -0.2) is 63.7 Å². The van der Waals surface area contributed by atoms with Crippen LogP contribution in [-0.2, 0) is 14.6 Å². The first kappa shape index (κ1) is 16.8. The molecular formula is C14H22N4O3S2. The SMILES string of the molecule is O=C(CSc1ncn[nH]1)N(C1CCCCC1)[C@H]1CCS(=O)(=O)C1. The van der Waals surface area contributed by atoms with Crippen molar-refractivity contribution in [1.29, 1.82) is 0 Å². The lowest BCUT2D eigenvalue weighted by Crippen LogP contribution is -2.49. The maximum absolute atomic E-state index is 12.8. The van der Waals surface area contributed by atoms with Crippen molar-refractivity contribution in [1.82, 2.24) is 20.1 Å². The van der Waals surface area contributed by atoms with Crippen LogP contribution in [0.1, 0.15) is 38.5 Å². The van der Waals surface area contributed by atoms with Crippen molar-refractivity contribution in [2.75, 3.05) is 17.3 Å². The van der Waals surface area contributed by atoms with Gasteiger partial charge in [0.2, 0.25) is 5.91 Å². The highest BCUT2D eigenvalue weighted by Gasteiger charge is 2.38. The highest BCUT2D eigenvalue weighted by molar-refractivity contribution is 7.99. The summed E-state index contributed by atoms with van der Waals surface area (Å²) in [5, 5.41) is 7.11. The van der Waals surface area contributed by atoms with E-state index < -0.39 is 9.84 Å². The summed E-state index contributed by atoms with van der Waals surface area (Å²) >= 11 is 1.32. The zero-order valence-electron chi connectivity index (χ0n) is 13.0. The number of hydrogen-bond acceptors (Lipinski definition) is 6. The van der Waals surface area contributed by atoms with E-state index in [1.807, 2.05) is 4.90 Å². The van der Waals surface area contributed by atoms with Crippen molar-refractivity contribution in [2.45, 2.75) is 55.8 Å². The van der Waals surface area contributed by atoms with E-state index >= 15 is 0 Å². The van der Waals surface area contributed by atoms with Crippen LogP contribution < -0.4 is 0 Å². The third kappa shape index (κ3) is 4.26. The third-order valence-corrected chi connectivity index (χ3v) is 7.19. The van der Waals surface area contributed by atoms with Gasteiger partial charge in [-0.3, -0.25) is 9.89 Å². The molecule has 1 aliphatic heterocycles. The average Bonchev–Trinajstić information content (AvgIpc) is 3.16. The lowest BCUT2D eigenvalue weighted by Gasteiger charge is -2.38. The number of thioether (sulfide) groups is 1. The minimum atomic E-state index is -3.00. The molecule has 0 bridgehead atoms. The van der Waals surface area contributed by atoms with E-state index in [2.05, 4.69) is 15.2 Å². The molecule has 1 atom stereocenters. The number of aromatic amines is 1. The molecular weight excluding hydrogens is 336 g/mol. The van der Waals surface area contributed by atoms with Gasteiger partial charge in [0.05, 0.1) is 17.3 Å². The minimum Gasteiger partial charge on any atom is -0.335 e. The molecule has 1 aromatic rings. The Kier molecular flexibility index (Phi) is 5.25. The molecule has 1 saturated heterocycles. The molecule has 7 nitrogen and oxygen atoms in total. The summed E-state index contributed by atoms with van der Waals surface area (Å²) < 4.78 is 23.7. The van der Waals surface area contributed by atoms with Crippen LogP contribution in [0.15, 0.2) is 11.5 Å². The number of H-pyrrole nitrogens is 1. The molecule has 0 aromatic carbocycles. The van der Waals surface area contributed by atoms with Gasteiger partial charge in [-0.25, -0.2) is 13.4 Å². The van der Waals surface area contributed by atoms with Crippen molar-refractivity contribution >= 4 is 27.5 Å². The first-order valence-electron chi connectivity index (χ1n) is 8.05. The summed E-state index contributed by atoms with van der Waals surface area (Å²) in [6.45, 7) is 0. The van der Waals surface area contributed by atoms with Crippen LogP contribution in [0, 0.1) is 0 Å². The van der Waals surface area contributed by atoms with E-state index in [4.69, 9.17) is 0 Å². The number of rotatable bonds is 5. The molecule has 0 radical (unpaired) electrons. The zero-order valence-corrected chi connectivity index (χ0v) is 14.6. The van der Waals surface area contributed by atoms with E-state index in [0.29, 0.717) is 11.6 Å². The molecule has 2 fully saturated rings. The normalized spacial score (nSPS) is 24.6. The van der Waals surface area contributed by atoms with Crippen LogP contribution in [0.2, 0.25) is 0 Å². The molecule has 0 unspecified atom stereocenters. The average molecular weight is 358 g/mol. The lowest BCUT2D eigenvalue weighted by atomic mass is 9.93. The van der Waals surface area contributed by atoms with Gasteiger partial charge in [0.1, 0.15) is 6.33 Å². The smallest absolute Gasteiger partial charge is 0.233 e. The number of nitrogens with zero attached hydrogens (tertiary/aromatic N) is 3. The Morgan fingerprint density at radius 3 is 2.65 bits per heavy atom. The Balaban J connectivity index is 1.70. The number of nitrogens with one attached hydrogen (secondary N) is 1. The number of aromatic nitrogens is 3. The van der Waals surface area contributed by atoms with Crippen molar-refractivity contribution in [3.05, 3.63) is 6.33 Å². The van der Waals surface area contributed by atoms with Gasteiger partial charge in [0, 0.05) is 12.1 Å². The van der Waals surface area contributed by atoms with E-state index in [0.717, 1.165) is 25.7 Å². The standard InChI is InChI=1S/C14H22N4O3S2/c19-13(8-22-14-15-10-16-17-14)18(11-4-2-1-3-5-11)12-6-7-23(20,21)9-12/h10-12H,1-9H2,(H,15,16,17)/t12-/m0/s1. The van der Waals surface area contributed by atoms with Crippen molar-refractivity contribution in [3.8, 4) is 0 Å². The maximum Gasteiger partial charge on any atom is 0.233 e. The second kappa shape index (κ2) is 7.21. The first-order valence-corrected chi connectivity index (χ1v) is 10.9. The maximum atomic E-state index is 12.8. The van der Waals surface area contributed by atoms with Gasteiger partial charge in [-0.15, -0.1) is 0 Å². The molecule has 1 aliphatic carbocycles. The van der Waals surface area contributed by atoms with Crippen LogP contribution in [0.3, 0.4) is 0 Å². The van der Waals surface area contributed by atoms with E-state index in [1.54, 1.807) is 0 Å². The second-order valence-corrected chi connectivity index (χ2v) is 9.42. The fourth-order valence-corrected chi connectivity index (χ4v) is 5.89. The summed E-state index contributed by atoms with van der Waals surface area (Å²) in [7, 11) is -3.00. The van der Waals surface area contributed by atoms with Crippen molar-refractivity contribution in [2.24, 2.45) is 0 Å². The molecule has 1 N–H and O–H groups in total. The quantitative estimate of drug-likeness (QED) is 0.796. The third-order valence-electron chi connectivity index (χ3n) is 4.58. The van der Waals surface area contributed by atoms with Crippen LogP contribution in [0.5, 0.6) is 0 Å². The van der Waals surface area contributed by atoms with Gasteiger partial charge in [-0.1, -0.05) is 31.0 Å². The lowest BCUT2D eigenvalue weighted by molar-refractivity contribution is -0.133. The van der Waals surface area contributed by atoms with Gasteiger partial charge in [0.15, 0.2) is 15.0 Å². The Bertz CT molecular complexity index is 626. The fourth-order valence-electron chi connectivity index (χ4n) is 3.53. The van der Waals surface area contributed by atoms with Gasteiger partial charge >= 0.3 is 0 Å². The number of amides is 1. The zero-order chi connectivity index (χ0) is 16.3. The van der Waals surface area contributed by atoms with Crippen LogP contribution >= 0.6 is 11.8 Å². The highest BCUT2D eigenvalue weighted by atomic mass is 32.2. The highest BCUT2D eigenvalue weighted by Crippen LogP contribution is 2.29. The van der Waals surface area contributed by atoms with Crippen molar-refractivity contribution in [3.63, 3.8) is 0 Å². The Labute approximate surface area is 140 Å². The van der Waals surface area contributed by atoms with Gasteiger partial charge < -0.3 is 4.90 Å². The summed E-state index contributed by atoms with van der Waals surface area (Å²) in [4.78, 5) is 18.7. The molecule has 1 saturated carbocycles. The van der Waals surface area contributed by atoms with E-state index in [9.17, 15) is 13.2 Å². The molecule has 1 amide bonds. The van der Waals surface area contributed by atoms with Crippen molar-refractivity contribution < 1.29 is 13.2 Å². The molecule has 2 heterocycles. The summed E-state index contributed by atoms with van der Waals surface area (Å²) in [5.74, 6) is 0.592. The predicted octanol–water partition coefficient (Wildman–Crippen LogP) is 1.25. The van der Waals surface area contributed by atoms with E-state index in [1.165, 1.54) is 24.5 Å². The van der Waals surface area contributed by atoms with Gasteiger partial charge in [-0.05, 0) is 19.3 Å². The molecule has 2 aliphatic rings. The molecule has 0 spiro atoms. The summed E-state index contributed by atoms with van der Waals surface area (Å²) in [6.07, 6.45) is 7.37. The van der Waals surface area contributed by atoms with Gasteiger partial charge in [0.25, 0.3) is 0 Å². The van der Waals surface area contributed by atoms with E-state index in [-0.39, 0.29) is 35.2 Å². The summed E-state index contributed by atoms with van der Waals surface area (Å²) in [6, 6.07) is 0.0239. The Morgan fingerprint density at radius 2 is 2.04 bits per heavy atom. The Hall–Kier alpha value is -1.09. The largest absolute Gasteiger partial charge is 0.335 e. The number of sulfone groups is 1. The molecule has 23 heavy (non-hydrogen) atoms. The second-order valence-electron chi connectivity index (χ2n) is 6.23. The number of hydrogen-bond donors (Lipinski definition) is 1.